The largest absolute Gasteiger partial charge is 0.378 e. The van der Waals surface area contributed by atoms with Gasteiger partial charge < -0.3 is 10.2 Å². The molecule has 6 rings (SSSR count). The molecule has 1 aromatic heterocycles. The number of nitrogens with one attached hydrogen (secondary N) is 1. The zero-order valence-corrected chi connectivity index (χ0v) is 24.8. The molecular formula is C30H24ClFN4O4S2. The van der Waals surface area contributed by atoms with Gasteiger partial charge in [-0.1, -0.05) is 46.8 Å². The summed E-state index contributed by atoms with van der Waals surface area (Å²) in [6.45, 7) is -0.270. The van der Waals surface area contributed by atoms with Crippen molar-refractivity contribution in [3.8, 4) is 0 Å². The number of imide groups is 1. The highest BCUT2D eigenvalue weighted by atomic mass is 35.5. The lowest BCUT2D eigenvalue weighted by molar-refractivity contribution is -0.122. The molecule has 0 aliphatic carbocycles. The van der Waals surface area contributed by atoms with Crippen LogP contribution in [0.25, 0.3) is 0 Å². The number of carbonyl (C=O) groups excluding carboxylic acids is 3. The average molecular weight is 623 g/mol. The van der Waals surface area contributed by atoms with Crippen molar-refractivity contribution < 1.29 is 18.8 Å². The molecule has 0 radical (unpaired) electrons. The fraction of sp³-hybridized carbons (Fsp3) is 0.200. The Balaban J connectivity index is 1.41. The second kappa shape index (κ2) is 11.0. The van der Waals surface area contributed by atoms with E-state index in [1.807, 2.05) is 43.3 Å². The Bertz CT molecular complexity index is 1750. The van der Waals surface area contributed by atoms with Gasteiger partial charge in [-0.3, -0.25) is 23.7 Å². The van der Waals surface area contributed by atoms with Gasteiger partial charge in [0.25, 0.3) is 0 Å². The molecule has 3 unspecified atom stereocenters. The number of halogens is 2. The number of rotatable bonds is 6. The van der Waals surface area contributed by atoms with Crippen LogP contribution in [0.5, 0.6) is 0 Å². The van der Waals surface area contributed by atoms with Crippen molar-refractivity contribution in [2.45, 2.75) is 22.7 Å². The minimum Gasteiger partial charge on any atom is -0.378 e. The van der Waals surface area contributed by atoms with E-state index in [1.165, 1.54) is 28.8 Å². The standard InChI is InChI=1S/C30H24ClFN4O4S2/c1-34(2)20-11-3-16(4-12-20)23-24-25(28(39)36(27(24)38)21-13-7-18(32)8-14-21)41-29-26(23)42-30(40)35(29)15-22(37)33-19-9-5-17(31)6-10-19/h3-14,23-25H,15H2,1-2H3,(H,33,37). The van der Waals surface area contributed by atoms with Crippen LogP contribution in [0.2, 0.25) is 5.02 Å². The van der Waals surface area contributed by atoms with E-state index in [4.69, 9.17) is 11.6 Å². The van der Waals surface area contributed by atoms with Crippen molar-refractivity contribution in [1.29, 1.82) is 0 Å². The predicted octanol–water partition coefficient (Wildman–Crippen LogP) is 5.20. The fourth-order valence-corrected chi connectivity index (χ4v) is 8.22. The van der Waals surface area contributed by atoms with Crippen LogP contribution in [-0.4, -0.2) is 41.6 Å². The lowest BCUT2D eigenvalue weighted by Crippen LogP contribution is -2.33. The molecule has 3 heterocycles. The number of anilines is 3. The summed E-state index contributed by atoms with van der Waals surface area (Å²) < 4.78 is 15.0. The quantitative estimate of drug-likeness (QED) is 0.297. The first kappa shape index (κ1) is 28.2. The third-order valence-corrected chi connectivity index (χ3v) is 10.2. The summed E-state index contributed by atoms with van der Waals surface area (Å²) in [6, 6.07) is 19.5. The van der Waals surface area contributed by atoms with Crippen molar-refractivity contribution in [2.24, 2.45) is 5.92 Å². The summed E-state index contributed by atoms with van der Waals surface area (Å²) in [5.74, 6) is -3.15. The Hall–Kier alpha value is -3.93. The zero-order chi connectivity index (χ0) is 29.7. The minimum atomic E-state index is -0.840. The Morgan fingerprint density at radius 2 is 1.62 bits per heavy atom. The highest BCUT2D eigenvalue weighted by Crippen LogP contribution is 2.54. The molecule has 0 spiro atoms. The predicted molar refractivity (Wildman–Crippen MR) is 163 cm³/mol. The van der Waals surface area contributed by atoms with Crippen LogP contribution in [0.3, 0.4) is 0 Å². The maximum atomic E-state index is 13.9. The number of nitrogens with zero attached hydrogens (tertiary/aromatic N) is 3. The molecule has 3 amide bonds. The topological polar surface area (TPSA) is 91.7 Å². The molecule has 42 heavy (non-hydrogen) atoms. The normalized spacial score (nSPS) is 19.4. The number of hydrogen-bond donors (Lipinski definition) is 1. The Kier molecular flexibility index (Phi) is 7.42. The molecule has 8 nitrogen and oxygen atoms in total. The molecule has 1 fully saturated rings. The first-order valence-electron chi connectivity index (χ1n) is 13.0. The lowest BCUT2D eigenvalue weighted by Gasteiger charge is -2.31. The molecule has 12 heteroatoms. The molecule has 3 aromatic carbocycles. The number of aromatic nitrogens is 1. The maximum absolute atomic E-state index is 13.9. The second-order valence-corrected chi connectivity index (χ2v) is 12.8. The summed E-state index contributed by atoms with van der Waals surface area (Å²) in [4.78, 5) is 57.3. The van der Waals surface area contributed by atoms with Crippen LogP contribution >= 0.6 is 34.7 Å². The Labute approximate surface area is 253 Å². The van der Waals surface area contributed by atoms with Crippen molar-refractivity contribution in [3.05, 3.63) is 104 Å². The van der Waals surface area contributed by atoms with Crippen molar-refractivity contribution in [1.82, 2.24) is 4.57 Å². The summed E-state index contributed by atoms with van der Waals surface area (Å²) >= 11 is 8.05. The van der Waals surface area contributed by atoms with E-state index >= 15 is 0 Å². The van der Waals surface area contributed by atoms with Gasteiger partial charge in [-0.25, -0.2) is 9.29 Å². The molecule has 1 saturated heterocycles. The van der Waals surface area contributed by atoms with E-state index in [0.29, 0.717) is 20.6 Å². The van der Waals surface area contributed by atoms with Crippen LogP contribution in [0.15, 0.2) is 82.6 Å². The van der Waals surface area contributed by atoms with Gasteiger partial charge in [0.15, 0.2) is 0 Å². The van der Waals surface area contributed by atoms with Gasteiger partial charge in [0.05, 0.1) is 16.6 Å². The van der Waals surface area contributed by atoms with Gasteiger partial charge in [-0.05, 0) is 66.2 Å². The number of fused-ring (bicyclic) bond motifs is 2. The van der Waals surface area contributed by atoms with E-state index < -0.39 is 40.6 Å². The summed E-state index contributed by atoms with van der Waals surface area (Å²) in [7, 11) is 3.84. The van der Waals surface area contributed by atoms with Crippen molar-refractivity contribution in [2.75, 3.05) is 29.2 Å². The number of hydrogen-bond acceptors (Lipinski definition) is 7. The molecule has 2 aliphatic rings. The second-order valence-electron chi connectivity index (χ2n) is 10.2. The number of thiazole rings is 1. The molecule has 0 bridgehead atoms. The van der Waals surface area contributed by atoms with Crippen molar-refractivity contribution >= 4 is 69.5 Å². The van der Waals surface area contributed by atoms with Gasteiger partial charge in [0, 0.05) is 41.3 Å². The van der Waals surface area contributed by atoms with Gasteiger partial charge >= 0.3 is 4.87 Å². The van der Waals surface area contributed by atoms with Gasteiger partial charge in [0.2, 0.25) is 17.7 Å². The molecule has 0 saturated carbocycles. The van der Waals surface area contributed by atoms with Crippen LogP contribution < -0.4 is 20.0 Å². The number of benzene rings is 3. The minimum absolute atomic E-state index is 0.270. The van der Waals surface area contributed by atoms with E-state index in [-0.39, 0.29) is 17.1 Å². The van der Waals surface area contributed by atoms with Crippen molar-refractivity contribution in [3.63, 3.8) is 0 Å². The van der Waals surface area contributed by atoms with E-state index in [1.54, 1.807) is 24.3 Å². The number of thioether (sulfide) groups is 1. The van der Waals surface area contributed by atoms with Crippen LogP contribution in [-0.2, 0) is 20.9 Å². The number of carbonyl (C=O) groups is 3. The van der Waals surface area contributed by atoms with Gasteiger partial charge in [-0.15, -0.1) is 0 Å². The highest BCUT2D eigenvalue weighted by molar-refractivity contribution is 8.00. The molecule has 214 valence electrons. The third-order valence-electron chi connectivity index (χ3n) is 7.33. The summed E-state index contributed by atoms with van der Waals surface area (Å²) in [5, 5.41) is 2.94. The highest BCUT2D eigenvalue weighted by Gasteiger charge is 2.56. The monoisotopic (exact) mass is 622 g/mol. The number of amides is 3. The molecular weight excluding hydrogens is 599 g/mol. The van der Waals surface area contributed by atoms with Crippen LogP contribution in [0.4, 0.5) is 21.5 Å². The average Bonchev–Trinajstić information content (AvgIpc) is 3.41. The Morgan fingerprint density at radius 1 is 0.952 bits per heavy atom. The van der Waals surface area contributed by atoms with E-state index in [9.17, 15) is 23.6 Å². The van der Waals surface area contributed by atoms with E-state index in [2.05, 4.69) is 5.32 Å². The van der Waals surface area contributed by atoms with Gasteiger partial charge in [-0.2, -0.15) is 0 Å². The fourth-order valence-electron chi connectivity index (χ4n) is 5.32. The Morgan fingerprint density at radius 3 is 2.26 bits per heavy atom. The molecule has 1 N–H and O–H groups in total. The maximum Gasteiger partial charge on any atom is 0.308 e. The lowest BCUT2D eigenvalue weighted by atomic mass is 9.83. The molecule has 2 aliphatic heterocycles. The van der Waals surface area contributed by atoms with E-state index in [0.717, 1.165) is 39.2 Å². The first-order chi connectivity index (χ1) is 20.1. The molecule has 3 atom stereocenters. The van der Waals surface area contributed by atoms with Crippen LogP contribution in [0, 0.1) is 11.7 Å². The first-order valence-corrected chi connectivity index (χ1v) is 15.1. The van der Waals surface area contributed by atoms with Crippen LogP contribution in [0.1, 0.15) is 16.4 Å². The SMILES string of the molecule is CN(C)c1ccc(C2c3sc(=O)n(CC(=O)Nc4ccc(Cl)cc4)c3SC3C(=O)N(c4ccc(F)cc4)C(=O)C32)cc1. The zero-order valence-electron chi connectivity index (χ0n) is 22.4. The van der Waals surface area contributed by atoms with Gasteiger partial charge in [0.1, 0.15) is 17.6 Å². The summed E-state index contributed by atoms with van der Waals surface area (Å²) in [5.41, 5.74) is 2.54. The molecule has 4 aromatic rings. The smallest absolute Gasteiger partial charge is 0.308 e. The third kappa shape index (κ3) is 5.01. The summed E-state index contributed by atoms with van der Waals surface area (Å²) in [6.07, 6.45) is 0.